The maximum atomic E-state index is 11.1. The van der Waals surface area contributed by atoms with Crippen LogP contribution in [0.15, 0.2) is 24.3 Å². The largest absolute Gasteiger partial charge is 0.412 e. The van der Waals surface area contributed by atoms with Crippen molar-refractivity contribution in [2.45, 2.75) is 6.92 Å². The molecule has 14 heavy (non-hydrogen) atoms. The number of aliphatic hydroxyl groups is 1. The van der Waals surface area contributed by atoms with Crippen LogP contribution in [0.4, 0.5) is 4.79 Å². The summed E-state index contributed by atoms with van der Waals surface area (Å²) >= 11 is 0. The number of aliphatic hydroxyl groups excluding tert-OH is 1. The molecule has 1 rings (SSSR count). The van der Waals surface area contributed by atoms with Crippen molar-refractivity contribution in [1.82, 2.24) is 5.32 Å². The summed E-state index contributed by atoms with van der Waals surface area (Å²) in [5, 5.41) is 10.9. The molecule has 0 spiro atoms. The van der Waals surface area contributed by atoms with E-state index in [-0.39, 0.29) is 13.2 Å². The Hall–Kier alpha value is -1.55. The molecule has 1 aromatic carbocycles. The Balaban J connectivity index is 2.52. The molecule has 0 bridgehead atoms. The molecule has 0 aliphatic heterocycles. The Kier molecular flexibility index (Phi) is 3.94. The fourth-order valence-corrected chi connectivity index (χ4v) is 0.965. The van der Waals surface area contributed by atoms with Crippen LogP contribution in [-0.4, -0.2) is 24.4 Å². The summed E-state index contributed by atoms with van der Waals surface area (Å²) in [7, 11) is 0. The number of nitrogens with one attached hydrogen (secondary N) is 1. The average molecular weight is 195 g/mol. The molecule has 0 aliphatic rings. The number of amides is 1. The summed E-state index contributed by atoms with van der Waals surface area (Å²) in [4.78, 5) is 11.1. The lowest BCUT2D eigenvalue weighted by Crippen LogP contribution is -2.29. The number of para-hydroxylation sites is 1. The zero-order chi connectivity index (χ0) is 10.4. The molecule has 0 fully saturated rings. The second-order valence-corrected chi connectivity index (χ2v) is 2.81. The van der Waals surface area contributed by atoms with Gasteiger partial charge in [0.05, 0.1) is 6.61 Å². The van der Waals surface area contributed by atoms with Gasteiger partial charge in [-0.3, -0.25) is 0 Å². The predicted octanol–water partition coefficient (Wildman–Crippen LogP) is 1.08. The maximum Gasteiger partial charge on any atom is 0.412 e. The van der Waals surface area contributed by atoms with Crippen LogP contribution >= 0.6 is 0 Å². The topological polar surface area (TPSA) is 58.6 Å². The van der Waals surface area contributed by atoms with Crippen molar-refractivity contribution in [3.63, 3.8) is 0 Å². The first-order chi connectivity index (χ1) is 6.74. The smallest absolute Gasteiger partial charge is 0.410 e. The quantitative estimate of drug-likeness (QED) is 0.758. The molecule has 2 N–H and O–H groups in total. The van der Waals surface area contributed by atoms with Gasteiger partial charge >= 0.3 is 6.09 Å². The Morgan fingerprint density at radius 1 is 1.50 bits per heavy atom. The molecule has 0 saturated carbocycles. The predicted molar refractivity (Wildman–Crippen MR) is 52.3 cm³/mol. The van der Waals surface area contributed by atoms with Crippen LogP contribution in [0, 0.1) is 6.92 Å². The summed E-state index contributed by atoms with van der Waals surface area (Å²) < 4.78 is 4.99. The molecular formula is C10H13NO3. The van der Waals surface area contributed by atoms with E-state index in [9.17, 15) is 4.79 Å². The molecule has 0 atom stereocenters. The van der Waals surface area contributed by atoms with E-state index < -0.39 is 6.09 Å². The van der Waals surface area contributed by atoms with Crippen LogP contribution < -0.4 is 10.1 Å². The fourth-order valence-electron chi connectivity index (χ4n) is 0.965. The Bertz CT molecular complexity index is 312. The van der Waals surface area contributed by atoms with Gasteiger partial charge in [0.2, 0.25) is 0 Å². The average Bonchev–Trinajstić information content (AvgIpc) is 2.18. The number of carbonyl (C=O) groups is 1. The normalized spacial score (nSPS) is 9.57. The van der Waals surface area contributed by atoms with Crippen LogP contribution in [0.5, 0.6) is 5.75 Å². The number of hydrogen-bond donors (Lipinski definition) is 2. The third-order valence-corrected chi connectivity index (χ3v) is 1.68. The molecule has 0 aromatic heterocycles. The van der Waals surface area contributed by atoms with Gasteiger partial charge in [0.15, 0.2) is 0 Å². The summed E-state index contributed by atoms with van der Waals surface area (Å²) in [6, 6.07) is 7.23. The molecule has 0 unspecified atom stereocenters. The minimum atomic E-state index is -0.548. The van der Waals surface area contributed by atoms with Crippen LogP contribution in [-0.2, 0) is 0 Å². The lowest BCUT2D eigenvalue weighted by molar-refractivity contribution is 0.195. The summed E-state index contributed by atoms with van der Waals surface area (Å²) in [5.41, 5.74) is 0.895. The molecule has 1 aromatic rings. The zero-order valence-corrected chi connectivity index (χ0v) is 7.99. The van der Waals surface area contributed by atoms with E-state index in [2.05, 4.69) is 5.32 Å². The molecule has 4 nitrogen and oxygen atoms in total. The minimum Gasteiger partial charge on any atom is -0.410 e. The number of ether oxygens (including phenoxy) is 1. The number of benzene rings is 1. The summed E-state index contributed by atoms with van der Waals surface area (Å²) in [6.07, 6.45) is -0.548. The minimum absolute atomic E-state index is 0.0944. The van der Waals surface area contributed by atoms with Crippen molar-refractivity contribution in [2.24, 2.45) is 0 Å². The van der Waals surface area contributed by atoms with Crippen LogP contribution in [0.25, 0.3) is 0 Å². The molecule has 0 aliphatic carbocycles. The second-order valence-electron chi connectivity index (χ2n) is 2.81. The first kappa shape index (κ1) is 10.5. The van der Waals surface area contributed by atoms with E-state index >= 15 is 0 Å². The number of rotatable bonds is 3. The van der Waals surface area contributed by atoms with E-state index in [1.54, 1.807) is 12.1 Å². The van der Waals surface area contributed by atoms with Gasteiger partial charge in [-0.1, -0.05) is 18.2 Å². The molecule has 4 heteroatoms. The third-order valence-electron chi connectivity index (χ3n) is 1.68. The van der Waals surface area contributed by atoms with Crippen LogP contribution in [0.1, 0.15) is 5.56 Å². The van der Waals surface area contributed by atoms with Crippen molar-refractivity contribution < 1.29 is 14.6 Å². The standard InChI is InChI=1S/C10H13NO3/c1-8-4-2-3-5-9(8)14-10(13)11-6-7-12/h2-5,12H,6-7H2,1H3,(H,11,13). The molecule has 0 heterocycles. The van der Waals surface area contributed by atoms with Crippen molar-refractivity contribution in [2.75, 3.05) is 13.2 Å². The Labute approximate surface area is 82.5 Å². The molecule has 1 amide bonds. The van der Waals surface area contributed by atoms with Gasteiger partial charge in [-0.25, -0.2) is 4.79 Å². The van der Waals surface area contributed by atoms with Gasteiger partial charge in [0, 0.05) is 6.54 Å². The van der Waals surface area contributed by atoms with Crippen molar-refractivity contribution in [1.29, 1.82) is 0 Å². The van der Waals surface area contributed by atoms with Gasteiger partial charge < -0.3 is 15.2 Å². The van der Waals surface area contributed by atoms with Gasteiger partial charge in [-0.2, -0.15) is 0 Å². The van der Waals surface area contributed by atoms with Crippen molar-refractivity contribution in [3.05, 3.63) is 29.8 Å². The Morgan fingerprint density at radius 3 is 2.86 bits per heavy atom. The van der Waals surface area contributed by atoms with Gasteiger partial charge in [0.1, 0.15) is 5.75 Å². The number of hydrogen-bond acceptors (Lipinski definition) is 3. The first-order valence-corrected chi connectivity index (χ1v) is 4.36. The van der Waals surface area contributed by atoms with E-state index in [4.69, 9.17) is 9.84 Å². The maximum absolute atomic E-state index is 11.1. The number of aryl methyl sites for hydroxylation is 1. The molecule has 76 valence electrons. The molecular weight excluding hydrogens is 182 g/mol. The van der Waals surface area contributed by atoms with Crippen molar-refractivity contribution >= 4 is 6.09 Å². The van der Waals surface area contributed by atoms with E-state index in [1.807, 2.05) is 19.1 Å². The highest BCUT2D eigenvalue weighted by molar-refractivity contribution is 5.70. The van der Waals surface area contributed by atoms with Crippen LogP contribution in [0.3, 0.4) is 0 Å². The lowest BCUT2D eigenvalue weighted by Gasteiger charge is -2.07. The van der Waals surface area contributed by atoms with E-state index in [0.717, 1.165) is 5.56 Å². The SMILES string of the molecule is Cc1ccccc1OC(=O)NCCO. The Morgan fingerprint density at radius 2 is 2.21 bits per heavy atom. The highest BCUT2D eigenvalue weighted by atomic mass is 16.6. The summed E-state index contributed by atoms with van der Waals surface area (Å²) in [6.45, 7) is 1.96. The highest BCUT2D eigenvalue weighted by Crippen LogP contribution is 2.15. The first-order valence-electron chi connectivity index (χ1n) is 4.36. The van der Waals surface area contributed by atoms with Gasteiger partial charge in [0.25, 0.3) is 0 Å². The number of carbonyl (C=O) groups excluding carboxylic acids is 1. The monoisotopic (exact) mass is 195 g/mol. The lowest BCUT2D eigenvalue weighted by atomic mass is 10.2. The summed E-state index contributed by atoms with van der Waals surface area (Å²) in [5.74, 6) is 0.530. The third kappa shape index (κ3) is 3.06. The van der Waals surface area contributed by atoms with Crippen molar-refractivity contribution in [3.8, 4) is 5.75 Å². The second kappa shape index (κ2) is 5.24. The van der Waals surface area contributed by atoms with E-state index in [0.29, 0.717) is 5.75 Å². The highest BCUT2D eigenvalue weighted by Gasteiger charge is 2.04. The molecule has 0 radical (unpaired) electrons. The fraction of sp³-hybridized carbons (Fsp3) is 0.300. The zero-order valence-electron chi connectivity index (χ0n) is 7.99. The van der Waals surface area contributed by atoms with Crippen LogP contribution in [0.2, 0.25) is 0 Å². The van der Waals surface area contributed by atoms with Gasteiger partial charge in [-0.05, 0) is 18.6 Å². The van der Waals surface area contributed by atoms with Gasteiger partial charge in [-0.15, -0.1) is 0 Å². The molecule has 0 saturated heterocycles. The van der Waals surface area contributed by atoms with E-state index in [1.165, 1.54) is 0 Å².